The predicted octanol–water partition coefficient (Wildman–Crippen LogP) is 1.59. The maximum atomic E-state index is 12.1. The van der Waals surface area contributed by atoms with Crippen molar-refractivity contribution in [3.63, 3.8) is 0 Å². The Kier molecular flexibility index (Phi) is 3.46. The van der Waals surface area contributed by atoms with Crippen LogP contribution in [0, 0.1) is 0 Å². The van der Waals surface area contributed by atoms with Gasteiger partial charge in [0.1, 0.15) is 5.82 Å². The van der Waals surface area contributed by atoms with E-state index in [-0.39, 0.29) is 12.5 Å². The van der Waals surface area contributed by atoms with Crippen molar-refractivity contribution in [1.29, 1.82) is 0 Å². The number of carbonyl (C=O) groups is 1. The number of nitrogens with one attached hydrogen (secondary N) is 2. The van der Waals surface area contributed by atoms with E-state index in [0.29, 0.717) is 28.5 Å². The van der Waals surface area contributed by atoms with Crippen LogP contribution in [0.5, 0.6) is 0 Å². The van der Waals surface area contributed by atoms with Crippen molar-refractivity contribution in [2.75, 3.05) is 12.4 Å². The van der Waals surface area contributed by atoms with Crippen molar-refractivity contribution >= 4 is 23.0 Å². The number of oxazole rings is 1. The number of hydrogen-bond acceptors (Lipinski definition) is 6. The summed E-state index contributed by atoms with van der Waals surface area (Å²) in [5, 5.41) is 5.62. The van der Waals surface area contributed by atoms with Crippen LogP contribution < -0.4 is 10.6 Å². The third kappa shape index (κ3) is 2.66. The molecule has 2 N–H and O–H groups in total. The largest absolute Gasteiger partial charge is 0.437 e. The number of nitrogens with zero attached hydrogens (tertiary/aromatic N) is 3. The third-order valence-corrected chi connectivity index (χ3v) is 2.90. The van der Waals surface area contributed by atoms with Crippen LogP contribution in [0.25, 0.3) is 11.2 Å². The fourth-order valence-electron chi connectivity index (χ4n) is 1.93. The molecule has 0 spiro atoms. The fourth-order valence-corrected chi connectivity index (χ4v) is 1.93. The average molecular weight is 283 g/mol. The van der Waals surface area contributed by atoms with Gasteiger partial charge in [-0.3, -0.25) is 4.79 Å². The molecule has 0 fully saturated rings. The average Bonchev–Trinajstić information content (AvgIpc) is 2.95. The van der Waals surface area contributed by atoms with E-state index in [2.05, 4.69) is 25.6 Å². The standard InChI is InChI=1S/C14H13N5O2/c1-15-12-9(4-2-6-16-12)14(20)18-8-11-19-13-10(21-11)5-3-7-17-13/h2-7H,8H2,1H3,(H,15,16)(H,18,20). The van der Waals surface area contributed by atoms with Gasteiger partial charge in [-0.1, -0.05) is 0 Å². The minimum absolute atomic E-state index is 0.188. The van der Waals surface area contributed by atoms with Crippen LogP contribution in [0.2, 0.25) is 0 Å². The topological polar surface area (TPSA) is 92.9 Å². The molecule has 0 atom stereocenters. The Morgan fingerprint density at radius 1 is 1.24 bits per heavy atom. The summed E-state index contributed by atoms with van der Waals surface area (Å²) in [5.41, 5.74) is 1.59. The Balaban J connectivity index is 1.73. The first-order chi connectivity index (χ1) is 10.3. The second-order valence-corrected chi connectivity index (χ2v) is 4.26. The molecule has 1 amide bonds. The molecule has 0 saturated heterocycles. The van der Waals surface area contributed by atoms with E-state index in [4.69, 9.17) is 4.42 Å². The van der Waals surface area contributed by atoms with Gasteiger partial charge in [0.2, 0.25) is 5.89 Å². The quantitative estimate of drug-likeness (QED) is 0.755. The smallest absolute Gasteiger partial charge is 0.255 e. The lowest BCUT2D eigenvalue weighted by Gasteiger charge is -2.07. The van der Waals surface area contributed by atoms with Crippen LogP contribution in [0.15, 0.2) is 41.1 Å². The van der Waals surface area contributed by atoms with E-state index in [9.17, 15) is 4.79 Å². The fraction of sp³-hybridized carbons (Fsp3) is 0.143. The van der Waals surface area contributed by atoms with Gasteiger partial charge in [-0.15, -0.1) is 0 Å². The summed E-state index contributed by atoms with van der Waals surface area (Å²) in [5.74, 6) is 0.684. The Labute approximate surface area is 120 Å². The number of amides is 1. The lowest BCUT2D eigenvalue weighted by atomic mass is 10.2. The molecule has 3 aromatic rings. The summed E-state index contributed by atoms with van der Waals surface area (Å²) in [6.45, 7) is 0.188. The van der Waals surface area contributed by atoms with Gasteiger partial charge in [-0.25, -0.2) is 9.97 Å². The maximum Gasteiger partial charge on any atom is 0.255 e. The minimum atomic E-state index is -0.248. The highest BCUT2D eigenvalue weighted by Gasteiger charge is 2.12. The van der Waals surface area contributed by atoms with E-state index in [1.54, 1.807) is 43.7 Å². The lowest BCUT2D eigenvalue weighted by Crippen LogP contribution is -2.24. The number of pyridine rings is 2. The van der Waals surface area contributed by atoms with Crippen LogP contribution in [0.4, 0.5) is 5.82 Å². The predicted molar refractivity (Wildman–Crippen MR) is 76.8 cm³/mol. The monoisotopic (exact) mass is 283 g/mol. The molecule has 0 aliphatic carbocycles. The van der Waals surface area contributed by atoms with Gasteiger partial charge < -0.3 is 15.1 Å². The molecule has 3 heterocycles. The molecule has 106 valence electrons. The first kappa shape index (κ1) is 13.0. The third-order valence-electron chi connectivity index (χ3n) is 2.90. The van der Waals surface area contributed by atoms with Crippen molar-refractivity contribution in [3.05, 3.63) is 48.1 Å². The van der Waals surface area contributed by atoms with Gasteiger partial charge >= 0.3 is 0 Å². The summed E-state index contributed by atoms with van der Waals surface area (Å²) in [4.78, 5) is 24.5. The van der Waals surface area contributed by atoms with Gasteiger partial charge in [0.25, 0.3) is 5.91 Å². The lowest BCUT2D eigenvalue weighted by molar-refractivity contribution is 0.0948. The van der Waals surface area contributed by atoms with E-state index in [1.807, 2.05) is 0 Å². The number of rotatable bonds is 4. The zero-order chi connectivity index (χ0) is 14.7. The Morgan fingerprint density at radius 3 is 2.86 bits per heavy atom. The molecule has 0 aliphatic rings. The first-order valence-electron chi connectivity index (χ1n) is 6.39. The highest BCUT2D eigenvalue weighted by Crippen LogP contribution is 2.13. The second-order valence-electron chi connectivity index (χ2n) is 4.26. The van der Waals surface area contributed by atoms with Gasteiger partial charge in [0, 0.05) is 19.4 Å². The molecule has 0 aliphatic heterocycles. The molecule has 3 rings (SSSR count). The summed E-state index contributed by atoms with van der Waals surface area (Å²) in [6, 6.07) is 6.95. The number of carbonyl (C=O) groups excluding carboxylic acids is 1. The van der Waals surface area contributed by atoms with Gasteiger partial charge in [-0.05, 0) is 24.3 Å². The molecule has 0 aromatic carbocycles. The highest BCUT2D eigenvalue weighted by atomic mass is 16.3. The van der Waals surface area contributed by atoms with E-state index in [0.717, 1.165) is 0 Å². The second kappa shape index (κ2) is 5.58. The molecular weight excluding hydrogens is 270 g/mol. The summed E-state index contributed by atoms with van der Waals surface area (Å²) in [6.07, 6.45) is 3.26. The zero-order valence-electron chi connectivity index (χ0n) is 11.3. The Bertz CT molecular complexity index is 751. The number of hydrogen-bond donors (Lipinski definition) is 2. The maximum absolute atomic E-state index is 12.1. The molecule has 0 unspecified atom stereocenters. The van der Waals surface area contributed by atoms with Crippen LogP contribution >= 0.6 is 0 Å². The van der Waals surface area contributed by atoms with Gasteiger partial charge in [0.05, 0.1) is 12.1 Å². The van der Waals surface area contributed by atoms with Gasteiger partial charge in [-0.2, -0.15) is 4.98 Å². The summed E-state index contributed by atoms with van der Waals surface area (Å²) < 4.78 is 5.49. The highest BCUT2D eigenvalue weighted by molar-refractivity contribution is 5.98. The molecule has 0 saturated carbocycles. The van der Waals surface area contributed by atoms with E-state index < -0.39 is 0 Å². The molecule has 7 heteroatoms. The first-order valence-corrected chi connectivity index (χ1v) is 6.39. The normalized spacial score (nSPS) is 10.5. The summed E-state index contributed by atoms with van der Waals surface area (Å²) in [7, 11) is 1.71. The van der Waals surface area contributed by atoms with Gasteiger partial charge in [0.15, 0.2) is 11.2 Å². The van der Waals surface area contributed by atoms with E-state index in [1.165, 1.54) is 0 Å². The van der Waals surface area contributed by atoms with Crippen LogP contribution in [0.3, 0.4) is 0 Å². The number of anilines is 1. The summed E-state index contributed by atoms with van der Waals surface area (Å²) >= 11 is 0. The Morgan fingerprint density at radius 2 is 2.05 bits per heavy atom. The SMILES string of the molecule is CNc1ncccc1C(=O)NCc1nc2ncccc2o1. The van der Waals surface area contributed by atoms with Crippen molar-refractivity contribution in [2.24, 2.45) is 0 Å². The van der Waals surface area contributed by atoms with Crippen LogP contribution in [-0.4, -0.2) is 27.9 Å². The number of fused-ring (bicyclic) bond motifs is 1. The van der Waals surface area contributed by atoms with Crippen molar-refractivity contribution < 1.29 is 9.21 Å². The number of aromatic nitrogens is 3. The van der Waals surface area contributed by atoms with Crippen molar-refractivity contribution in [1.82, 2.24) is 20.3 Å². The molecule has 21 heavy (non-hydrogen) atoms. The van der Waals surface area contributed by atoms with E-state index >= 15 is 0 Å². The zero-order valence-corrected chi connectivity index (χ0v) is 11.3. The molecule has 7 nitrogen and oxygen atoms in total. The van der Waals surface area contributed by atoms with Crippen molar-refractivity contribution in [3.8, 4) is 0 Å². The van der Waals surface area contributed by atoms with Crippen LogP contribution in [0.1, 0.15) is 16.2 Å². The Hall–Kier alpha value is -2.96. The molecule has 0 radical (unpaired) electrons. The van der Waals surface area contributed by atoms with Crippen molar-refractivity contribution in [2.45, 2.75) is 6.54 Å². The molecule has 0 bridgehead atoms. The molecular formula is C14H13N5O2. The molecule has 3 aromatic heterocycles. The minimum Gasteiger partial charge on any atom is -0.437 e. The van der Waals surface area contributed by atoms with Crippen LogP contribution in [-0.2, 0) is 6.54 Å².